The van der Waals surface area contributed by atoms with Crippen LogP contribution < -0.4 is 5.32 Å². The average molecular weight is 268 g/mol. The number of carboxylic acid groups (broad SMARTS) is 1. The Kier molecular flexibility index (Phi) is 4.45. The molecule has 0 radical (unpaired) electrons. The molecule has 2 fully saturated rings. The number of rotatable bonds is 5. The third kappa shape index (κ3) is 3.08. The summed E-state index contributed by atoms with van der Waals surface area (Å²) in [6.45, 7) is 5.14. The van der Waals surface area contributed by atoms with Crippen LogP contribution in [0.4, 0.5) is 0 Å². The number of nitrogens with zero attached hydrogens (tertiary/aromatic N) is 1. The summed E-state index contributed by atoms with van der Waals surface area (Å²) in [7, 11) is 0. The van der Waals surface area contributed by atoms with Crippen LogP contribution in [0.25, 0.3) is 0 Å². The molecule has 108 valence electrons. The van der Waals surface area contributed by atoms with E-state index in [4.69, 9.17) is 5.11 Å². The Morgan fingerprint density at radius 3 is 2.68 bits per heavy atom. The van der Waals surface area contributed by atoms with Crippen LogP contribution in [-0.2, 0) is 9.59 Å². The Bertz CT molecular complexity index is 339. The zero-order valence-corrected chi connectivity index (χ0v) is 11.7. The van der Waals surface area contributed by atoms with Gasteiger partial charge in [-0.15, -0.1) is 0 Å². The molecule has 2 aliphatic heterocycles. The van der Waals surface area contributed by atoms with E-state index < -0.39 is 5.97 Å². The molecule has 2 aliphatic rings. The first kappa shape index (κ1) is 14.3. The molecule has 0 aromatic rings. The normalized spacial score (nSPS) is 27.9. The van der Waals surface area contributed by atoms with E-state index in [0.29, 0.717) is 13.1 Å². The fraction of sp³-hybridized carbons (Fsp3) is 0.857. The second-order valence-corrected chi connectivity index (χ2v) is 5.98. The minimum Gasteiger partial charge on any atom is -0.481 e. The van der Waals surface area contributed by atoms with E-state index in [-0.39, 0.29) is 23.7 Å². The Morgan fingerprint density at radius 1 is 1.42 bits per heavy atom. The molecule has 1 amide bonds. The number of amides is 1. The summed E-state index contributed by atoms with van der Waals surface area (Å²) in [6, 6.07) is 0. The Balaban J connectivity index is 1.92. The maximum atomic E-state index is 12.7. The van der Waals surface area contributed by atoms with Gasteiger partial charge in [0.05, 0.1) is 11.8 Å². The lowest BCUT2D eigenvalue weighted by molar-refractivity contribution is -0.153. The van der Waals surface area contributed by atoms with Gasteiger partial charge in [0.2, 0.25) is 5.91 Å². The smallest absolute Gasteiger partial charge is 0.303 e. The molecule has 0 saturated carbocycles. The molecule has 2 N–H and O–H groups in total. The summed E-state index contributed by atoms with van der Waals surface area (Å²) < 4.78 is 0. The second kappa shape index (κ2) is 5.90. The van der Waals surface area contributed by atoms with Crippen molar-refractivity contribution in [3.8, 4) is 0 Å². The van der Waals surface area contributed by atoms with Gasteiger partial charge in [0.25, 0.3) is 0 Å². The third-order valence-electron chi connectivity index (χ3n) is 4.36. The van der Waals surface area contributed by atoms with Gasteiger partial charge in [-0.1, -0.05) is 13.3 Å². The lowest BCUT2D eigenvalue weighted by atomic mass is 9.74. The highest BCUT2D eigenvalue weighted by molar-refractivity contribution is 5.84. The van der Waals surface area contributed by atoms with Gasteiger partial charge in [-0.2, -0.15) is 0 Å². The lowest BCUT2D eigenvalue weighted by Crippen LogP contribution is -2.59. The van der Waals surface area contributed by atoms with Gasteiger partial charge in [-0.25, -0.2) is 0 Å². The number of aliphatic carboxylic acids is 1. The molecular weight excluding hydrogens is 244 g/mol. The van der Waals surface area contributed by atoms with Crippen LogP contribution in [0, 0.1) is 11.3 Å². The summed E-state index contributed by atoms with van der Waals surface area (Å²) in [6.07, 6.45) is 4.15. The molecule has 0 aromatic carbocycles. The molecule has 0 aromatic heterocycles. The maximum Gasteiger partial charge on any atom is 0.303 e. The maximum absolute atomic E-state index is 12.7. The van der Waals surface area contributed by atoms with Crippen molar-refractivity contribution in [3.05, 3.63) is 0 Å². The Morgan fingerprint density at radius 2 is 2.16 bits per heavy atom. The van der Waals surface area contributed by atoms with Crippen molar-refractivity contribution in [2.24, 2.45) is 11.3 Å². The molecule has 1 unspecified atom stereocenters. The third-order valence-corrected chi connectivity index (χ3v) is 4.36. The zero-order valence-electron chi connectivity index (χ0n) is 11.7. The molecule has 19 heavy (non-hydrogen) atoms. The van der Waals surface area contributed by atoms with Gasteiger partial charge in [-0.05, 0) is 25.8 Å². The molecule has 2 heterocycles. The standard InChI is InChI=1S/C14H24N2O3/c1-2-4-14(5-3-6-15-10-14)13(19)16-8-11(9-16)7-12(17)18/h11,15H,2-10H2,1H3,(H,17,18). The predicted molar refractivity (Wildman–Crippen MR) is 71.8 cm³/mol. The van der Waals surface area contributed by atoms with Gasteiger partial charge in [0.15, 0.2) is 0 Å². The van der Waals surface area contributed by atoms with Crippen molar-refractivity contribution in [1.29, 1.82) is 0 Å². The van der Waals surface area contributed by atoms with E-state index in [2.05, 4.69) is 12.2 Å². The van der Waals surface area contributed by atoms with Crippen LogP contribution in [0.15, 0.2) is 0 Å². The van der Waals surface area contributed by atoms with E-state index in [9.17, 15) is 9.59 Å². The van der Waals surface area contributed by atoms with Crippen molar-refractivity contribution >= 4 is 11.9 Å². The fourth-order valence-electron chi connectivity index (χ4n) is 3.40. The van der Waals surface area contributed by atoms with Crippen molar-refractivity contribution < 1.29 is 14.7 Å². The largest absolute Gasteiger partial charge is 0.481 e. The Hall–Kier alpha value is -1.10. The van der Waals surface area contributed by atoms with Crippen molar-refractivity contribution in [3.63, 3.8) is 0 Å². The van der Waals surface area contributed by atoms with Crippen LogP contribution >= 0.6 is 0 Å². The van der Waals surface area contributed by atoms with Crippen molar-refractivity contribution in [2.45, 2.75) is 39.0 Å². The van der Waals surface area contributed by atoms with Gasteiger partial charge in [0, 0.05) is 25.6 Å². The van der Waals surface area contributed by atoms with E-state index in [1.54, 1.807) is 0 Å². The SMILES string of the molecule is CCCC1(C(=O)N2CC(CC(=O)O)C2)CCCNC1. The van der Waals surface area contributed by atoms with E-state index >= 15 is 0 Å². The molecule has 5 nitrogen and oxygen atoms in total. The first-order valence-electron chi connectivity index (χ1n) is 7.29. The zero-order chi connectivity index (χ0) is 13.9. The van der Waals surface area contributed by atoms with E-state index in [0.717, 1.165) is 38.8 Å². The first-order chi connectivity index (χ1) is 9.07. The van der Waals surface area contributed by atoms with Crippen molar-refractivity contribution in [1.82, 2.24) is 10.2 Å². The molecule has 2 rings (SSSR count). The number of carbonyl (C=O) groups excluding carboxylic acids is 1. The summed E-state index contributed by atoms with van der Waals surface area (Å²) in [5, 5.41) is 12.1. The number of piperidine rings is 1. The van der Waals surface area contributed by atoms with Crippen LogP contribution in [0.2, 0.25) is 0 Å². The minimum atomic E-state index is -0.764. The summed E-state index contributed by atoms with van der Waals surface area (Å²) in [5.41, 5.74) is -0.235. The number of likely N-dealkylation sites (tertiary alicyclic amines) is 1. The molecule has 5 heteroatoms. The molecule has 0 spiro atoms. The van der Waals surface area contributed by atoms with E-state index in [1.807, 2.05) is 4.90 Å². The first-order valence-corrected chi connectivity index (χ1v) is 7.29. The number of hydrogen-bond donors (Lipinski definition) is 2. The molecule has 0 bridgehead atoms. The molecular formula is C14H24N2O3. The Labute approximate surface area is 114 Å². The topological polar surface area (TPSA) is 69.6 Å². The van der Waals surface area contributed by atoms with Gasteiger partial charge in [0.1, 0.15) is 0 Å². The molecule has 0 aliphatic carbocycles. The highest BCUT2D eigenvalue weighted by Crippen LogP contribution is 2.36. The van der Waals surface area contributed by atoms with E-state index in [1.165, 1.54) is 0 Å². The van der Waals surface area contributed by atoms with Crippen molar-refractivity contribution in [2.75, 3.05) is 26.2 Å². The monoisotopic (exact) mass is 268 g/mol. The number of carboxylic acids is 1. The summed E-state index contributed by atoms with van der Waals surface area (Å²) in [5.74, 6) is -0.375. The lowest BCUT2D eigenvalue weighted by Gasteiger charge is -2.46. The summed E-state index contributed by atoms with van der Waals surface area (Å²) >= 11 is 0. The van der Waals surface area contributed by atoms with Gasteiger partial charge < -0.3 is 15.3 Å². The average Bonchev–Trinajstić information content (AvgIpc) is 2.34. The molecule has 2 saturated heterocycles. The van der Waals surface area contributed by atoms with Crippen LogP contribution in [-0.4, -0.2) is 48.1 Å². The van der Waals surface area contributed by atoms with Crippen LogP contribution in [0.3, 0.4) is 0 Å². The number of hydrogen-bond acceptors (Lipinski definition) is 3. The number of carbonyl (C=O) groups is 2. The summed E-state index contributed by atoms with van der Waals surface area (Å²) in [4.78, 5) is 25.2. The second-order valence-electron chi connectivity index (χ2n) is 5.98. The fourth-order valence-corrected chi connectivity index (χ4v) is 3.40. The highest BCUT2D eigenvalue weighted by Gasteiger charge is 2.44. The predicted octanol–water partition coefficient (Wildman–Crippen LogP) is 1.09. The minimum absolute atomic E-state index is 0.150. The quantitative estimate of drug-likeness (QED) is 0.783. The molecule has 1 atom stereocenters. The van der Waals surface area contributed by atoms with Gasteiger partial charge >= 0.3 is 5.97 Å². The number of nitrogens with one attached hydrogen (secondary N) is 1. The van der Waals surface area contributed by atoms with Gasteiger partial charge in [-0.3, -0.25) is 9.59 Å². The van der Waals surface area contributed by atoms with Crippen LogP contribution in [0.5, 0.6) is 0 Å². The highest BCUT2D eigenvalue weighted by atomic mass is 16.4. The van der Waals surface area contributed by atoms with Crippen LogP contribution in [0.1, 0.15) is 39.0 Å².